The van der Waals surface area contributed by atoms with Gasteiger partial charge in [0.2, 0.25) is 0 Å². The van der Waals surface area contributed by atoms with Gasteiger partial charge in [-0.3, -0.25) is 0 Å². The van der Waals surface area contributed by atoms with E-state index in [2.05, 4.69) is 15.5 Å². The monoisotopic (exact) mass is 234 g/mol. The van der Waals surface area contributed by atoms with Gasteiger partial charge in [0.15, 0.2) is 0 Å². The van der Waals surface area contributed by atoms with Crippen LogP contribution in [-0.4, -0.2) is 23.3 Å². The van der Waals surface area contributed by atoms with Crippen molar-refractivity contribution in [1.82, 2.24) is 10.2 Å². The summed E-state index contributed by atoms with van der Waals surface area (Å²) >= 11 is 1.66. The molecule has 0 saturated heterocycles. The van der Waals surface area contributed by atoms with Crippen molar-refractivity contribution in [2.75, 3.05) is 18.4 Å². The van der Waals surface area contributed by atoms with E-state index in [1.807, 2.05) is 29.6 Å². The van der Waals surface area contributed by atoms with Gasteiger partial charge in [-0.25, -0.2) is 0 Å². The Morgan fingerprint density at radius 2 is 2.19 bits per heavy atom. The third-order valence-electron chi connectivity index (χ3n) is 2.13. The van der Waals surface area contributed by atoms with Crippen LogP contribution in [0.4, 0.5) is 5.82 Å². The van der Waals surface area contributed by atoms with Crippen molar-refractivity contribution >= 4 is 17.2 Å². The molecule has 3 N–H and O–H groups in total. The van der Waals surface area contributed by atoms with Crippen LogP contribution in [-0.2, 0) is 0 Å². The predicted octanol–water partition coefficient (Wildman–Crippen LogP) is 1.97. The Bertz CT molecular complexity index is 410. The summed E-state index contributed by atoms with van der Waals surface area (Å²) < 4.78 is 0. The van der Waals surface area contributed by atoms with Crippen molar-refractivity contribution in [2.24, 2.45) is 5.73 Å². The number of aromatic nitrogens is 2. The van der Waals surface area contributed by atoms with Crippen LogP contribution < -0.4 is 11.1 Å². The Balaban J connectivity index is 2.00. The zero-order chi connectivity index (χ0) is 11.2. The minimum absolute atomic E-state index is 0.688. The van der Waals surface area contributed by atoms with Gasteiger partial charge in [0, 0.05) is 6.54 Å². The second kappa shape index (κ2) is 5.58. The highest BCUT2D eigenvalue weighted by atomic mass is 32.1. The molecule has 0 spiro atoms. The summed E-state index contributed by atoms with van der Waals surface area (Å²) in [5, 5.41) is 13.5. The molecule has 16 heavy (non-hydrogen) atoms. The zero-order valence-electron chi connectivity index (χ0n) is 8.89. The van der Waals surface area contributed by atoms with Crippen LogP contribution in [0.1, 0.15) is 6.42 Å². The van der Waals surface area contributed by atoms with Crippen LogP contribution in [0.25, 0.3) is 10.6 Å². The smallest absolute Gasteiger partial charge is 0.148 e. The molecule has 0 aromatic carbocycles. The van der Waals surface area contributed by atoms with Crippen molar-refractivity contribution in [3.8, 4) is 10.6 Å². The molecule has 0 atom stereocenters. The van der Waals surface area contributed by atoms with Gasteiger partial charge in [-0.2, -0.15) is 0 Å². The Labute approximate surface area is 98.5 Å². The predicted molar refractivity (Wildman–Crippen MR) is 67.5 cm³/mol. The number of nitrogens with two attached hydrogens (primary N) is 1. The van der Waals surface area contributed by atoms with Gasteiger partial charge in [-0.1, -0.05) is 6.07 Å². The molecule has 2 aromatic rings. The molecule has 2 heterocycles. The fraction of sp³-hybridized carbons (Fsp3) is 0.273. The van der Waals surface area contributed by atoms with Gasteiger partial charge in [0.25, 0.3) is 0 Å². The van der Waals surface area contributed by atoms with E-state index in [9.17, 15) is 0 Å². The summed E-state index contributed by atoms with van der Waals surface area (Å²) in [6.45, 7) is 1.53. The molecule has 0 radical (unpaired) electrons. The number of nitrogens with one attached hydrogen (secondary N) is 1. The van der Waals surface area contributed by atoms with Gasteiger partial charge in [0.1, 0.15) is 11.5 Å². The normalized spacial score (nSPS) is 10.3. The Kier molecular flexibility index (Phi) is 3.85. The standard InChI is InChI=1S/C11H14N4S/c12-6-2-7-13-11-5-4-9(14-15-11)10-3-1-8-16-10/h1,3-5,8H,2,6-7,12H2,(H,13,15). The minimum atomic E-state index is 0.688. The average molecular weight is 234 g/mol. The second-order valence-electron chi connectivity index (χ2n) is 3.35. The molecule has 0 aliphatic carbocycles. The second-order valence-corrected chi connectivity index (χ2v) is 4.30. The van der Waals surface area contributed by atoms with Crippen molar-refractivity contribution in [3.05, 3.63) is 29.6 Å². The lowest BCUT2D eigenvalue weighted by Crippen LogP contribution is -2.09. The number of thiophene rings is 1. The molecule has 2 rings (SSSR count). The molecule has 2 aromatic heterocycles. The quantitative estimate of drug-likeness (QED) is 0.776. The van der Waals surface area contributed by atoms with Gasteiger partial charge < -0.3 is 11.1 Å². The van der Waals surface area contributed by atoms with E-state index in [0.717, 1.165) is 29.4 Å². The third-order valence-corrected chi connectivity index (χ3v) is 3.02. The van der Waals surface area contributed by atoms with E-state index in [1.54, 1.807) is 11.3 Å². The average Bonchev–Trinajstić information content (AvgIpc) is 2.84. The first-order chi connectivity index (χ1) is 7.90. The Morgan fingerprint density at radius 3 is 2.81 bits per heavy atom. The lowest BCUT2D eigenvalue weighted by atomic mass is 10.3. The van der Waals surface area contributed by atoms with E-state index >= 15 is 0 Å². The largest absolute Gasteiger partial charge is 0.369 e. The van der Waals surface area contributed by atoms with Crippen molar-refractivity contribution in [1.29, 1.82) is 0 Å². The minimum Gasteiger partial charge on any atom is -0.369 e. The van der Waals surface area contributed by atoms with E-state index in [-0.39, 0.29) is 0 Å². The molecule has 4 nitrogen and oxygen atoms in total. The number of rotatable bonds is 5. The summed E-state index contributed by atoms with van der Waals surface area (Å²) in [4.78, 5) is 1.14. The zero-order valence-corrected chi connectivity index (χ0v) is 9.70. The third kappa shape index (κ3) is 2.77. The number of anilines is 1. The molecule has 84 valence electrons. The summed E-state index contributed by atoms with van der Waals surface area (Å²) in [5.41, 5.74) is 6.32. The van der Waals surface area contributed by atoms with E-state index < -0.39 is 0 Å². The van der Waals surface area contributed by atoms with Gasteiger partial charge in [-0.15, -0.1) is 21.5 Å². The Morgan fingerprint density at radius 1 is 1.25 bits per heavy atom. The summed E-state index contributed by atoms with van der Waals surface area (Å²) in [7, 11) is 0. The molecular formula is C11H14N4S. The maximum Gasteiger partial charge on any atom is 0.148 e. The topological polar surface area (TPSA) is 63.8 Å². The number of nitrogens with zero attached hydrogens (tertiary/aromatic N) is 2. The van der Waals surface area contributed by atoms with Crippen LogP contribution in [0.2, 0.25) is 0 Å². The lowest BCUT2D eigenvalue weighted by Gasteiger charge is -2.03. The van der Waals surface area contributed by atoms with Crippen LogP contribution in [0.5, 0.6) is 0 Å². The molecule has 0 fully saturated rings. The fourth-order valence-electron chi connectivity index (χ4n) is 1.30. The van der Waals surface area contributed by atoms with Crippen LogP contribution in [0, 0.1) is 0 Å². The van der Waals surface area contributed by atoms with Crippen molar-refractivity contribution in [3.63, 3.8) is 0 Å². The van der Waals surface area contributed by atoms with Crippen LogP contribution in [0.3, 0.4) is 0 Å². The van der Waals surface area contributed by atoms with Crippen molar-refractivity contribution < 1.29 is 0 Å². The van der Waals surface area contributed by atoms with Crippen molar-refractivity contribution in [2.45, 2.75) is 6.42 Å². The maximum absolute atomic E-state index is 5.41. The maximum atomic E-state index is 5.41. The summed E-state index contributed by atoms with van der Waals surface area (Å²) in [6, 6.07) is 7.97. The highest BCUT2D eigenvalue weighted by Gasteiger charge is 2.01. The first-order valence-corrected chi connectivity index (χ1v) is 6.09. The highest BCUT2D eigenvalue weighted by molar-refractivity contribution is 7.13. The molecule has 0 bridgehead atoms. The van der Waals surface area contributed by atoms with E-state index in [1.165, 1.54) is 0 Å². The lowest BCUT2D eigenvalue weighted by molar-refractivity contribution is 0.864. The van der Waals surface area contributed by atoms with E-state index in [0.29, 0.717) is 6.54 Å². The SMILES string of the molecule is NCCCNc1ccc(-c2cccs2)nn1. The molecule has 0 aliphatic rings. The molecule has 0 aliphatic heterocycles. The highest BCUT2D eigenvalue weighted by Crippen LogP contribution is 2.22. The van der Waals surface area contributed by atoms with Gasteiger partial charge >= 0.3 is 0 Å². The summed E-state index contributed by atoms with van der Waals surface area (Å²) in [5.74, 6) is 0.800. The molecule has 0 saturated carbocycles. The Hall–Kier alpha value is -1.46. The fourth-order valence-corrected chi connectivity index (χ4v) is 1.99. The first-order valence-electron chi connectivity index (χ1n) is 5.21. The van der Waals surface area contributed by atoms with Crippen LogP contribution >= 0.6 is 11.3 Å². The van der Waals surface area contributed by atoms with Crippen LogP contribution in [0.15, 0.2) is 29.6 Å². The first kappa shape index (κ1) is 11.0. The summed E-state index contributed by atoms with van der Waals surface area (Å²) in [6.07, 6.45) is 0.939. The van der Waals surface area contributed by atoms with Gasteiger partial charge in [0.05, 0.1) is 4.88 Å². The molecule has 5 heteroatoms. The molecular weight excluding hydrogens is 220 g/mol. The number of hydrogen-bond acceptors (Lipinski definition) is 5. The molecule has 0 amide bonds. The van der Waals surface area contributed by atoms with Gasteiger partial charge in [-0.05, 0) is 36.5 Å². The molecule has 0 unspecified atom stereocenters. The number of hydrogen-bond donors (Lipinski definition) is 2. The van der Waals surface area contributed by atoms with E-state index in [4.69, 9.17) is 5.73 Å².